The summed E-state index contributed by atoms with van der Waals surface area (Å²) in [4.78, 5) is 0. The highest BCUT2D eigenvalue weighted by Gasteiger charge is 2.23. The first-order chi connectivity index (χ1) is 10.3. The van der Waals surface area contributed by atoms with Crippen molar-refractivity contribution in [1.82, 2.24) is 5.32 Å². The third-order valence-corrected chi connectivity index (χ3v) is 5.08. The van der Waals surface area contributed by atoms with Crippen LogP contribution in [0, 0.1) is 5.92 Å². The molecule has 0 saturated heterocycles. The number of hydrogen-bond acceptors (Lipinski definition) is 2. The first-order valence-electron chi connectivity index (χ1n) is 8.43. The second-order valence-electron chi connectivity index (χ2n) is 6.50. The van der Waals surface area contributed by atoms with Crippen LogP contribution >= 0.6 is 11.6 Å². The molecule has 1 aliphatic carbocycles. The van der Waals surface area contributed by atoms with Gasteiger partial charge in [0.2, 0.25) is 0 Å². The maximum Gasteiger partial charge on any atom is 0.125 e. The number of ether oxygens (including phenoxy) is 1. The van der Waals surface area contributed by atoms with Crippen molar-refractivity contribution in [3.8, 4) is 5.75 Å². The molecule has 1 aromatic carbocycles. The predicted octanol–water partition coefficient (Wildman–Crippen LogP) is 4.38. The van der Waals surface area contributed by atoms with E-state index in [0.29, 0.717) is 6.04 Å². The average molecular weight is 308 g/mol. The summed E-state index contributed by atoms with van der Waals surface area (Å²) in [7, 11) is 0. The van der Waals surface area contributed by atoms with E-state index in [2.05, 4.69) is 24.4 Å². The SMILES string of the molecule is CCNC1CCCCC(Cc2cc(Cl)cc3c2OCC3)C1. The van der Waals surface area contributed by atoms with E-state index >= 15 is 0 Å². The zero-order chi connectivity index (χ0) is 14.7. The van der Waals surface area contributed by atoms with Gasteiger partial charge in [0, 0.05) is 17.5 Å². The summed E-state index contributed by atoms with van der Waals surface area (Å²) in [6, 6.07) is 4.89. The molecular weight excluding hydrogens is 282 g/mol. The van der Waals surface area contributed by atoms with E-state index in [-0.39, 0.29) is 0 Å². The average Bonchev–Trinajstić information content (AvgIpc) is 2.81. The highest BCUT2D eigenvalue weighted by molar-refractivity contribution is 6.30. The van der Waals surface area contributed by atoms with E-state index in [1.54, 1.807) is 0 Å². The van der Waals surface area contributed by atoms with E-state index < -0.39 is 0 Å². The van der Waals surface area contributed by atoms with Crippen molar-refractivity contribution in [2.75, 3.05) is 13.2 Å². The Hall–Kier alpha value is -0.730. The standard InChI is InChI=1S/C18H26ClNO/c1-2-20-17-6-4-3-5-13(10-17)9-15-12-16(19)11-14-7-8-21-18(14)15/h11-13,17,20H,2-10H2,1H3. The van der Waals surface area contributed by atoms with Crippen LogP contribution in [0.1, 0.15) is 50.2 Å². The molecule has 1 heterocycles. The van der Waals surface area contributed by atoms with Gasteiger partial charge in [-0.2, -0.15) is 0 Å². The number of rotatable bonds is 4. The van der Waals surface area contributed by atoms with Crippen LogP contribution in [0.4, 0.5) is 0 Å². The zero-order valence-corrected chi connectivity index (χ0v) is 13.7. The maximum absolute atomic E-state index is 6.29. The molecular formula is C18H26ClNO. The molecule has 2 atom stereocenters. The van der Waals surface area contributed by atoms with Crippen molar-refractivity contribution in [2.45, 2.75) is 57.9 Å². The van der Waals surface area contributed by atoms with Crippen LogP contribution < -0.4 is 10.1 Å². The van der Waals surface area contributed by atoms with Gasteiger partial charge >= 0.3 is 0 Å². The van der Waals surface area contributed by atoms with Gasteiger partial charge in [0.1, 0.15) is 5.75 Å². The van der Waals surface area contributed by atoms with Crippen LogP contribution in [0.3, 0.4) is 0 Å². The van der Waals surface area contributed by atoms with Crippen LogP contribution in [-0.4, -0.2) is 19.2 Å². The fourth-order valence-corrected chi connectivity index (χ4v) is 4.19. The van der Waals surface area contributed by atoms with E-state index in [0.717, 1.165) is 42.7 Å². The van der Waals surface area contributed by atoms with E-state index in [9.17, 15) is 0 Å². The largest absolute Gasteiger partial charge is 0.493 e. The summed E-state index contributed by atoms with van der Waals surface area (Å²) >= 11 is 6.29. The van der Waals surface area contributed by atoms with Gasteiger partial charge in [-0.05, 0) is 55.0 Å². The van der Waals surface area contributed by atoms with Crippen LogP contribution in [0.15, 0.2) is 12.1 Å². The fraction of sp³-hybridized carbons (Fsp3) is 0.667. The van der Waals surface area contributed by atoms with E-state index in [1.807, 2.05) is 0 Å². The molecule has 0 aromatic heterocycles. The molecule has 2 aliphatic rings. The normalized spacial score (nSPS) is 25.2. The second-order valence-corrected chi connectivity index (χ2v) is 6.93. The number of halogens is 1. The quantitative estimate of drug-likeness (QED) is 0.834. The molecule has 1 saturated carbocycles. The summed E-state index contributed by atoms with van der Waals surface area (Å²) in [5.41, 5.74) is 2.63. The van der Waals surface area contributed by atoms with E-state index in [1.165, 1.54) is 43.2 Å². The Labute approximate surface area is 133 Å². The Kier molecular flexibility index (Phi) is 5.07. The number of nitrogens with one attached hydrogen (secondary N) is 1. The highest BCUT2D eigenvalue weighted by Crippen LogP contribution is 2.36. The monoisotopic (exact) mass is 307 g/mol. The number of hydrogen-bond donors (Lipinski definition) is 1. The Bertz CT molecular complexity index is 488. The molecule has 0 bridgehead atoms. The minimum atomic E-state index is 0.690. The Balaban J connectivity index is 1.73. The molecule has 1 fully saturated rings. The molecule has 1 aromatic rings. The van der Waals surface area contributed by atoms with Crippen molar-refractivity contribution in [1.29, 1.82) is 0 Å². The molecule has 0 radical (unpaired) electrons. The van der Waals surface area contributed by atoms with Gasteiger partial charge in [0.05, 0.1) is 6.61 Å². The second kappa shape index (κ2) is 7.02. The smallest absolute Gasteiger partial charge is 0.125 e. The van der Waals surface area contributed by atoms with Crippen LogP contribution in [0.25, 0.3) is 0 Å². The van der Waals surface area contributed by atoms with Crippen LogP contribution in [-0.2, 0) is 12.8 Å². The van der Waals surface area contributed by atoms with Gasteiger partial charge in [-0.1, -0.05) is 37.8 Å². The molecule has 21 heavy (non-hydrogen) atoms. The lowest BCUT2D eigenvalue weighted by atomic mass is 9.90. The Morgan fingerprint density at radius 3 is 3.00 bits per heavy atom. The van der Waals surface area contributed by atoms with Crippen molar-refractivity contribution in [2.24, 2.45) is 5.92 Å². The maximum atomic E-state index is 6.29. The lowest BCUT2D eigenvalue weighted by Crippen LogP contribution is -2.30. The molecule has 2 nitrogen and oxygen atoms in total. The Morgan fingerprint density at radius 2 is 2.14 bits per heavy atom. The molecule has 0 amide bonds. The number of benzene rings is 1. The minimum absolute atomic E-state index is 0.690. The Morgan fingerprint density at radius 1 is 1.29 bits per heavy atom. The first kappa shape index (κ1) is 15.2. The molecule has 0 spiro atoms. The van der Waals surface area contributed by atoms with Gasteiger partial charge < -0.3 is 10.1 Å². The zero-order valence-electron chi connectivity index (χ0n) is 13.0. The summed E-state index contributed by atoms with van der Waals surface area (Å²) < 4.78 is 5.86. The molecule has 2 unspecified atom stereocenters. The van der Waals surface area contributed by atoms with Crippen molar-refractivity contribution >= 4 is 11.6 Å². The van der Waals surface area contributed by atoms with Crippen LogP contribution in [0.5, 0.6) is 5.75 Å². The number of fused-ring (bicyclic) bond motifs is 1. The lowest BCUT2D eigenvalue weighted by Gasteiger charge is -2.21. The van der Waals surface area contributed by atoms with Gasteiger partial charge in [0.25, 0.3) is 0 Å². The van der Waals surface area contributed by atoms with Gasteiger partial charge in [-0.3, -0.25) is 0 Å². The predicted molar refractivity (Wildman–Crippen MR) is 88.4 cm³/mol. The highest BCUT2D eigenvalue weighted by atomic mass is 35.5. The topological polar surface area (TPSA) is 21.3 Å². The van der Waals surface area contributed by atoms with Crippen molar-refractivity contribution < 1.29 is 4.74 Å². The summed E-state index contributed by atoms with van der Waals surface area (Å²) in [6.07, 6.45) is 8.79. The molecule has 1 N–H and O–H groups in total. The van der Waals surface area contributed by atoms with Crippen molar-refractivity contribution in [3.05, 3.63) is 28.3 Å². The lowest BCUT2D eigenvalue weighted by molar-refractivity contribution is 0.345. The molecule has 116 valence electrons. The van der Waals surface area contributed by atoms with Crippen molar-refractivity contribution in [3.63, 3.8) is 0 Å². The van der Waals surface area contributed by atoms with Gasteiger partial charge in [0.15, 0.2) is 0 Å². The van der Waals surface area contributed by atoms with Crippen LogP contribution in [0.2, 0.25) is 5.02 Å². The fourth-order valence-electron chi connectivity index (χ4n) is 3.93. The summed E-state index contributed by atoms with van der Waals surface area (Å²) in [5, 5.41) is 4.51. The molecule has 3 rings (SSSR count). The van der Waals surface area contributed by atoms with Gasteiger partial charge in [-0.15, -0.1) is 0 Å². The first-order valence-corrected chi connectivity index (χ1v) is 8.81. The van der Waals surface area contributed by atoms with Gasteiger partial charge in [-0.25, -0.2) is 0 Å². The summed E-state index contributed by atoms with van der Waals surface area (Å²) in [5.74, 6) is 1.88. The third-order valence-electron chi connectivity index (χ3n) is 4.86. The third kappa shape index (κ3) is 3.73. The molecule has 1 aliphatic heterocycles. The van der Waals surface area contributed by atoms with E-state index in [4.69, 9.17) is 16.3 Å². The summed E-state index contributed by atoms with van der Waals surface area (Å²) in [6.45, 7) is 4.10. The molecule has 3 heteroatoms. The minimum Gasteiger partial charge on any atom is -0.493 e.